The average molecular weight is 595 g/mol. The number of Topliss-reactive ketones (excluding diaryl/α,β-unsaturated/α-hetero) is 2. The van der Waals surface area contributed by atoms with Crippen molar-refractivity contribution in [1.82, 2.24) is 0 Å². The van der Waals surface area contributed by atoms with E-state index in [1.54, 1.807) is 0 Å². The summed E-state index contributed by atoms with van der Waals surface area (Å²) in [7, 11) is 0. The number of hydrogen-bond donors (Lipinski definition) is 0. The molecule has 44 heavy (non-hydrogen) atoms. The molecule has 4 atom stereocenters. The predicted octanol–water partition coefficient (Wildman–Crippen LogP) is 11.4. The predicted molar refractivity (Wildman–Crippen MR) is 191 cm³/mol. The fourth-order valence-electron chi connectivity index (χ4n) is 6.27. The van der Waals surface area contributed by atoms with Gasteiger partial charge in [0, 0.05) is 24.7 Å². The fraction of sp³-hybridized carbons (Fsp3) is 0.476. The van der Waals surface area contributed by atoms with Crippen molar-refractivity contribution in [2.75, 3.05) is 0 Å². The summed E-state index contributed by atoms with van der Waals surface area (Å²) in [5, 5.41) is 0. The zero-order valence-electron chi connectivity index (χ0n) is 29.2. The Balaban J connectivity index is 1.85. The van der Waals surface area contributed by atoms with E-state index in [9.17, 15) is 9.59 Å². The van der Waals surface area contributed by atoms with E-state index in [0.29, 0.717) is 30.3 Å². The Labute approximate surface area is 269 Å². The molecule has 0 heterocycles. The fourth-order valence-corrected chi connectivity index (χ4v) is 6.27. The molecule has 0 bridgehead atoms. The second-order valence-corrected chi connectivity index (χ2v) is 14.4. The normalized spacial score (nSPS) is 27.9. The molecule has 2 rings (SSSR count). The molecule has 2 saturated carbocycles. The summed E-state index contributed by atoms with van der Waals surface area (Å²) in [6, 6.07) is 0. The number of hydrogen-bond acceptors (Lipinski definition) is 2. The largest absolute Gasteiger partial charge is 0.299 e. The lowest BCUT2D eigenvalue weighted by atomic mass is 9.63. The van der Waals surface area contributed by atoms with Gasteiger partial charge < -0.3 is 0 Å². The van der Waals surface area contributed by atoms with Gasteiger partial charge in [0.25, 0.3) is 0 Å². The van der Waals surface area contributed by atoms with E-state index in [2.05, 4.69) is 166 Å². The minimum absolute atomic E-state index is 0.0947. The molecule has 0 radical (unpaired) electrons. The summed E-state index contributed by atoms with van der Waals surface area (Å²) in [5.74, 6) is 1.55. The molecule has 2 fully saturated rings. The number of carbonyl (C=O) groups excluding carboxylic acids is 2. The minimum atomic E-state index is 0.0947. The molecule has 238 valence electrons. The molecular weight excluding hydrogens is 536 g/mol. The Morgan fingerprint density at radius 3 is 1.34 bits per heavy atom. The molecule has 4 unspecified atom stereocenters. The average Bonchev–Trinajstić information content (AvgIpc) is 2.95. The second-order valence-electron chi connectivity index (χ2n) is 14.4. The molecule has 2 aliphatic rings. The van der Waals surface area contributed by atoms with Crippen molar-refractivity contribution in [2.24, 2.45) is 34.5 Å². The molecule has 0 saturated heterocycles. The Hall–Kier alpha value is -3.26. The van der Waals surface area contributed by atoms with Crippen molar-refractivity contribution in [3.63, 3.8) is 0 Å². The summed E-state index contributed by atoms with van der Waals surface area (Å²) in [6.45, 7) is 21.6. The zero-order chi connectivity index (χ0) is 32.9. The summed E-state index contributed by atoms with van der Waals surface area (Å²) in [5.41, 5.74) is 5.04. The van der Waals surface area contributed by atoms with Gasteiger partial charge in [-0.25, -0.2) is 0 Å². The van der Waals surface area contributed by atoms with Crippen molar-refractivity contribution in [1.29, 1.82) is 0 Å². The highest BCUT2D eigenvalue weighted by molar-refractivity contribution is 5.82. The summed E-state index contributed by atoms with van der Waals surface area (Å²) >= 11 is 0. The first-order valence-corrected chi connectivity index (χ1v) is 16.4. The van der Waals surface area contributed by atoms with Gasteiger partial charge in [-0.1, -0.05) is 161 Å². The van der Waals surface area contributed by atoms with Crippen molar-refractivity contribution in [3.8, 4) is 0 Å². The van der Waals surface area contributed by atoms with Crippen molar-refractivity contribution >= 4 is 11.6 Å². The molecular formula is C42H58O2. The van der Waals surface area contributed by atoms with Gasteiger partial charge in [-0.05, 0) is 63.2 Å². The lowest BCUT2D eigenvalue weighted by Crippen LogP contribution is -2.37. The van der Waals surface area contributed by atoms with Crippen LogP contribution >= 0.6 is 0 Å². The van der Waals surface area contributed by atoms with Gasteiger partial charge in [-0.2, -0.15) is 0 Å². The zero-order valence-corrected chi connectivity index (χ0v) is 29.2. The van der Waals surface area contributed by atoms with Crippen molar-refractivity contribution in [2.45, 2.75) is 94.9 Å². The number of allylic oxidation sites excluding steroid dienone is 20. The van der Waals surface area contributed by atoms with Gasteiger partial charge in [0.15, 0.2) is 0 Å². The molecule has 2 heteroatoms. The minimum Gasteiger partial charge on any atom is -0.299 e. The van der Waals surface area contributed by atoms with E-state index in [1.807, 2.05) is 0 Å². The third-order valence-corrected chi connectivity index (χ3v) is 9.55. The van der Waals surface area contributed by atoms with E-state index in [1.165, 1.54) is 22.3 Å². The van der Waals surface area contributed by atoms with E-state index in [0.717, 1.165) is 12.8 Å². The van der Waals surface area contributed by atoms with Gasteiger partial charge in [-0.15, -0.1) is 0 Å². The molecule has 0 spiro atoms. The Morgan fingerprint density at radius 1 is 0.523 bits per heavy atom. The van der Waals surface area contributed by atoms with Crippen LogP contribution in [0.4, 0.5) is 0 Å². The van der Waals surface area contributed by atoms with Gasteiger partial charge in [0.05, 0.1) is 0 Å². The number of ketones is 2. The second kappa shape index (κ2) is 17.3. The molecule has 2 nitrogen and oxygen atoms in total. The van der Waals surface area contributed by atoms with Crippen LogP contribution in [0, 0.1) is 34.5 Å². The first-order valence-electron chi connectivity index (χ1n) is 16.4. The third kappa shape index (κ3) is 12.0. The molecule has 0 N–H and O–H groups in total. The Morgan fingerprint density at radius 2 is 0.886 bits per heavy atom. The lowest BCUT2D eigenvalue weighted by Gasteiger charge is -2.40. The van der Waals surface area contributed by atoms with Crippen LogP contribution in [0.2, 0.25) is 0 Å². The molecule has 0 aromatic carbocycles. The first kappa shape index (κ1) is 36.9. The quantitative estimate of drug-likeness (QED) is 0.223. The SMILES string of the molecule is CC(C=CC=C(C)C=CC=CC1C(C)C(=O)CCC1(C)C)=CC=CC=C(C)C=CC=C(C)C=CC1C(C)C(=O)CCC1(C)C. The van der Waals surface area contributed by atoms with Crippen molar-refractivity contribution in [3.05, 3.63) is 120 Å². The first-order chi connectivity index (χ1) is 20.6. The van der Waals surface area contributed by atoms with Crippen LogP contribution < -0.4 is 0 Å². The molecule has 0 amide bonds. The van der Waals surface area contributed by atoms with Crippen LogP contribution in [-0.2, 0) is 9.59 Å². The van der Waals surface area contributed by atoms with E-state index in [-0.39, 0.29) is 28.6 Å². The van der Waals surface area contributed by atoms with Gasteiger partial charge in [-0.3, -0.25) is 9.59 Å². The highest BCUT2D eigenvalue weighted by Gasteiger charge is 2.40. The maximum absolute atomic E-state index is 12.2. The van der Waals surface area contributed by atoms with E-state index >= 15 is 0 Å². The Kier molecular flexibility index (Phi) is 14.5. The standard InChI is InChI=1S/C42H58O2/c1-31(20-15-21-33(3)19-13-14-24-37-35(5)39(43)27-29-41(37,7)8)17-11-12-18-32(2)22-16-23-34(4)25-26-38-36(6)40(44)28-30-42(38,9)10/h11-26,35-38H,27-30H2,1-10H3. The van der Waals surface area contributed by atoms with Crippen LogP contribution in [-0.4, -0.2) is 11.6 Å². The smallest absolute Gasteiger partial charge is 0.136 e. The number of carbonyl (C=O) groups is 2. The van der Waals surface area contributed by atoms with Gasteiger partial charge in [0.2, 0.25) is 0 Å². The maximum Gasteiger partial charge on any atom is 0.136 e. The molecule has 0 aromatic heterocycles. The van der Waals surface area contributed by atoms with Gasteiger partial charge >= 0.3 is 0 Å². The van der Waals surface area contributed by atoms with Crippen LogP contribution in [0.15, 0.2) is 120 Å². The van der Waals surface area contributed by atoms with Gasteiger partial charge in [0.1, 0.15) is 11.6 Å². The molecule has 0 aliphatic heterocycles. The van der Waals surface area contributed by atoms with Crippen LogP contribution in [0.5, 0.6) is 0 Å². The van der Waals surface area contributed by atoms with Crippen LogP contribution in [0.25, 0.3) is 0 Å². The highest BCUT2D eigenvalue weighted by Crippen LogP contribution is 2.44. The summed E-state index contributed by atoms with van der Waals surface area (Å²) in [4.78, 5) is 24.4. The Bertz CT molecular complexity index is 1310. The summed E-state index contributed by atoms with van der Waals surface area (Å²) in [6.07, 6.45) is 37.2. The maximum atomic E-state index is 12.2. The molecule has 2 aliphatic carbocycles. The molecule has 0 aromatic rings. The third-order valence-electron chi connectivity index (χ3n) is 9.55. The topological polar surface area (TPSA) is 34.1 Å². The van der Waals surface area contributed by atoms with Crippen molar-refractivity contribution < 1.29 is 9.59 Å². The van der Waals surface area contributed by atoms with Crippen LogP contribution in [0.3, 0.4) is 0 Å². The monoisotopic (exact) mass is 594 g/mol. The van der Waals surface area contributed by atoms with Crippen LogP contribution in [0.1, 0.15) is 94.9 Å². The summed E-state index contributed by atoms with van der Waals surface area (Å²) < 4.78 is 0. The van der Waals surface area contributed by atoms with E-state index in [4.69, 9.17) is 0 Å². The van der Waals surface area contributed by atoms with E-state index < -0.39 is 0 Å². The highest BCUT2D eigenvalue weighted by atomic mass is 16.1. The number of rotatable bonds is 11. The lowest BCUT2D eigenvalue weighted by molar-refractivity contribution is -0.129.